The van der Waals surface area contributed by atoms with Crippen LogP contribution >= 0.6 is 0 Å². The lowest BCUT2D eigenvalue weighted by atomic mass is 9.69. The number of carbonyl (C=O) groups is 1. The molecule has 142 valence electrons. The van der Waals surface area contributed by atoms with Crippen molar-refractivity contribution in [3.8, 4) is 5.75 Å². The van der Waals surface area contributed by atoms with Crippen molar-refractivity contribution in [3.05, 3.63) is 29.8 Å². The van der Waals surface area contributed by atoms with E-state index in [-0.39, 0.29) is 22.6 Å². The number of amides is 1. The number of nitrogens with two attached hydrogens (primary N) is 1. The third-order valence-corrected chi connectivity index (χ3v) is 9.28. The second-order valence-electron chi connectivity index (χ2n) is 8.51. The number of rotatable bonds is 3. The van der Waals surface area contributed by atoms with Crippen molar-refractivity contribution in [2.45, 2.75) is 45.2 Å². The van der Waals surface area contributed by atoms with E-state index in [1.165, 1.54) is 0 Å². The minimum absolute atomic E-state index is 0.0647. The van der Waals surface area contributed by atoms with Crippen LogP contribution in [-0.4, -0.2) is 37.5 Å². The third-order valence-electron chi connectivity index (χ3n) is 7.37. The predicted octanol–water partition coefficient (Wildman–Crippen LogP) is 2.06. The molecule has 2 N–H and O–H groups in total. The van der Waals surface area contributed by atoms with Crippen molar-refractivity contribution in [1.82, 2.24) is 4.31 Å². The zero-order chi connectivity index (χ0) is 18.9. The number of nitrogens with zero attached hydrogens (tertiary/aromatic N) is 1. The van der Waals surface area contributed by atoms with Crippen LogP contribution in [0.2, 0.25) is 0 Å². The van der Waals surface area contributed by atoms with Crippen molar-refractivity contribution >= 4 is 15.9 Å². The first-order valence-corrected chi connectivity index (χ1v) is 10.7. The molecule has 0 radical (unpaired) electrons. The molecule has 2 bridgehead atoms. The molecule has 1 spiro atoms. The Hall–Kier alpha value is -1.60. The molecule has 26 heavy (non-hydrogen) atoms. The zero-order valence-corrected chi connectivity index (χ0v) is 16.3. The smallest absolute Gasteiger partial charge is 0.257 e. The first kappa shape index (κ1) is 17.8. The number of methoxy groups -OCH3 is 1. The summed E-state index contributed by atoms with van der Waals surface area (Å²) in [5.41, 5.74) is 6.38. The van der Waals surface area contributed by atoms with Gasteiger partial charge in [-0.05, 0) is 48.3 Å². The van der Waals surface area contributed by atoms with Crippen LogP contribution in [0, 0.1) is 16.7 Å². The van der Waals surface area contributed by atoms with Crippen molar-refractivity contribution < 1.29 is 17.9 Å². The first-order valence-electron chi connectivity index (χ1n) is 9.09. The van der Waals surface area contributed by atoms with Crippen molar-refractivity contribution in [3.63, 3.8) is 0 Å². The highest BCUT2D eigenvalue weighted by molar-refractivity contribution is 7.90. The molecule has 3 fully saturated rings. The van der Waals surface area contributed by atoms with Crippen molar-refractivity contribution in [2.24, 2.45) is 22.5 Å². The van der Waals surface area contributed by atoms with Gasteiger partial charge in [0.05, 0.1) is 18.9 Å². The van der Waals surface area contributed by atoms with Crippen LogP contribution in [0.25, 0.3) is 0 Å². The molecular formula is C19H26N2O4S. The summed E-state index contributed by atoms with van der Waals surface area (Å²) in [7, 11) is -2.08. The van der Waals surface area contributed by atoms with Gasteiger partial charge in [-0.1, -0.05) is 26.0 Å². The minimum Gasteiger partial charge on any atom is -0.497 e. The molecule has 1 amide bonds. The summed E-state index contributed by atoms with van der Waals surface area (Å²) < 4.78 is 32.2. The van der Waals surface area contributed by atoms with E-state index in [2.05, 4.69) is 13.8 Å². The Bertz CT molecular complexity index is 849. The van der Waals surface area contributed by atoms with Gasteiger partial charge in [0.1, 0.15) is 11.8 Å². The van der Waals surface area contributed by atoms with E-state index in [0.29, 0.717) is 17.2 Å². The average molecular weight is 378 g/mol. The van der Waals surface area contributed by atoms with Gasteiger partial charge in [-0.3, -0.25) is 4.79 Å². The molecule has 1 saturated heterocycles. The summed E-state index contributed by atoms with van der Waals surface area (Å²) in [5, 5.41) is 0. The van der Waals surface area contributed by atoms with Crippen LogP contribution in [0.15, 0.2) is 24.3 Å². The zero-order valence-electron chi connectivity index (χ0n) is 15.4. The molecule has 2 saturated carbocycles. The third kappa shape index (κ3) is 2.13. The second-order valence-corrected chi connectivity index (χ2v) is 10.4. The summed E-state index contributed by atoms with van der Waals surface area (Å²) in [6, 6.07) is 5.63. The summed E-state index contributed by atoms with van der Waals surface area (Å²) in [4.78, 5) is 13.1. The molecule has 3 aliphatic rings. The number of hydrogen-bond donors (Lipinski definition) is 1. The number of fused-ring (bicyclic) bond motifs is 1. The van der Waals surface area contributed by atoms with Crippen LogP contribution in [0.4, 0.5) is 0 Å². The van der Waals surface area contributed by atoms with Gasteiger partial charge in [-0.2, -0.15) is 0 Å². The van der Waals surface area contributed by atoms with Gasteiger partial charge >= 0.3 is 0 Å². The van der Waals surface area contributed by atoms with Crippen LogP contribution < -0.4 is 10.5 Å². The Morgan fingerprint density at radius 1 is 1.31 bits per heavy atom. The summed E-state index contributed by atoms with van der Waals surface area (Å²) in [6.07, 6.45) is 2.68. The maximum atomic E-state index is 13.1. The average Bonchev–Trinajstić information content (AvgIpc) is 3.08. The standard InChI is InChI=1S/C19H26N2O4S/c1-18(2)13-8-9-19(18)11-26(23,24)21(15(19)10-13)17(22)16(20)12-4-6-14(25-3)7-5-12/h4-7,13,15-16H,8-11,20H2,1-3H3/t13-,15-,16-,19-/m0/s1. The molecule has 1 aromatic carbocycles. The monoisotopic (exact) mass is 378 g/mol. The highest BCUT2D eigenvalue weighted by Crippen LogP contribution is 2.70. The lowest BCUT2D eigenvalue weighted by molar-refractivity contribution is -0.130. The maximum Gasteiger partial charge on any atom is 0.257 e. The lowest BCUT2D eigenvalue weighted by Gasteiger charge is -2.37. The van der Waals surface area contributed by atoms with Crippen LogP contribution in [-0.2, 0) is 14.8 Å². The molecule has 7 heteroatoms. The fourth-order valence-electron chi connectivity index (χ4n) is 5.67. The van der Waals surface area contributed by atoms with Gasteiger partial charge in [0.2, 0.25) is 10.0 Å². The first-order chi connectivity index (χ1) is 12.1. The molecule has 1 aliphatic heterocycles. The Morgan fingerprint density at radius 2 is 1.96 bits per heavy atom. The summed E-state index contributed by atoms with van der Waals surface area (Å²) in [5.74, 6) is 0.682. The summed E-state index contributed by atoms with van der Waals surface area (Å²) >= 11 is 0. The lowest BCUT2D eigenvalue weighted by Crippen LogP contribution is -2.47. The van der Waals surface area contributed by atoms with E-state index in [1.807, 2.05) is 0 Å². The molecule has 1 aromatic rings. The van der Waals surface area contributed by atoms with Gasteiger partial charge in [-0.15, -0.1) is 0 Å². The van der Waals surface area contributed by atoms with Crippen molar-refractivity contribution in [2.75, 3.05) is 12.9 Å². The van der Waals surface area contributed by atoms with Gasteiger partial charge in [0.15, 0.2) is 0 Å². The van der Waals surface area contributed by atoms with E-state index in [4.69, 9.17) is 10.5 Å². The number of ether oxygens (including phenoxy) is 1. The maximum absolute atomic E-state index is 13.1. The molecule has 1 heterocycles. The van der Waals surface area contributed by atoms with E-state index < -0.39 is 22.0 Å². The molecule has 0 unspecified atom stereocenters. The van der Waals surface area contributed by atoms with Gasteiger partial charge in [0.25, 0.3) is 5.91 Å². The highest BCUT2D eigenvalue weighted by atomic mass is 32.2. The number of hydrogen-bond acceptors (Lipinski definition) is 5. The molecule has 6 nitrogen and oxygen atoms in total. The Morgan fingerprint density at radius 3 is 2.54 bits per heavy atom. The number of sulfonamides is 1. The normalized spacial score (nSPS) is 34.5. The Kier molecular flexibility index (Phi) is 3.73. The largest absolute Gasteiger partial charge is 0.497 e. The molecule has 0 aromatic heterocycles. The van der Waals surface area contributed by atoms with E-state index >= 15 is 0 Å². The van der Waals surface area contributed by atoms with Gasteiger partial charge < -0.3 is 10.5 Å². The van der Waals surface area contributed by atoms with E-state index in [0.717, 1.165) is 23.6 Å². The fraction of sp³-hybridized carbons (Fsp3) is 0.632. The Balaban J connectivity index is 1.67. The van der Waals surface area contributed by atoms with Crippen LogP contribution in [0.5, 0.6) is 5.75 Å². The van der Waals surface area contributed by atoms with E-state index in [9.17, 15) is 13.2 Å². The highest BCUT2D eigenvalue weighted by Gasteiger charge is 2.72. The number of benzene rings is 1. The van der Waals surface area contributed by atoms with Gasteiger partial charge in [-0.25, -0.2) is 12.7 Å². The topological polar surface area (TPSA) is 89.7 Å². The SMILES string of the molecule is COc1ccc([C@H](N)C(=O)N2[C@H]3C[C@@H]4CC[C@@]3(CS2(=O)=O)C4(C)C)cc1. The predicted molar refractivity (Wildman–Crippen MR) is 97.9 cm³/mol. The molecule has 4 atom stereocenters. The summed E-state index contributed by atoms with van der Waals surface area (Å²) in [6.45, 7) is 4.33. The number of carbonyl (C=O) groups excluding carboxylic acids is 1. The van der Waals surface area contributed by atoms with Crippen LogP contribution in [0.3, 0.4) is 0 Å². The van der Waals surface area contributed by atoms with Crippen LogP contribution in [0.1, 0.15) is 44.7 Å². The molecule has 2 aliphatic carbocycles. The molecule has 4 rings (SSSR count). The molecular weight excluding hydrogens is 352 g/mol. The minimum atomic E-state index is -3.65. The van der Waals surface area contributed by atoms with E-state index in [1.54, 1.807) is 31.4 Å². The second kappa shape index (κ2) is 5.45. The van der Waals surface area contributed by atoms with Gasteiger partial charge in [0, 0.05) is 5.41 Å². The Labute approximate surface area is 154 Å². The quantitative estimate of drug-likeness (QED) is 0.870. The fourth-order valence-corrected chi connectivity index (χ4v) is 8.23. The van der Waals surface area contributed by atoms with Crippen molar-refractivity contribution in [1.29, 1.82) is 0 Å².